The van der Waals surface area contributed by atoms with E-state index in [1.165, 1.54) is 12.8 Å². The van der Waals surface area contributed by atoms with Crippen molar-refractivity contribution in [2.45, 2.75) is 51.4 Å². The van der Waals surface area contributed by atoms with Gasteiger partial charge in [-0.1, -0.05) is 0 Å². The van der Waals surface area contributed by atoms with Gasteiger partial charge in [-0.3, -0.25) is 4.90 Å². The summed E-state index contributed by atoms with van der Waals surface area (Å²) < 4.78 is 5.78. The Morgan fingerprint density at radius 2 is 1.58 bits per heavy atom. The van der Waals surface area contributed by atoms with Gasteiger partial charge in [-0.15, -0.1) is 0 Å². The lowest BCUT2D eigenvalue weighted by atomic mass is 10.0. The highest BCUT2D eigenvalue weighted by Gasteiger charge is 2.37. The predicted octanol–water partition coefficient (Wildman–Crippen LogP) is 1.65. The molecule has 0 N–H and O–H groups in total. The van der Waals surface area contributed by atoms with Gasteiger partial charge in [0, 0.05) is 18.6 Å². The SMILES string of the molecule is CC(C)(C)N1CC2CC[C@H](C1)O2. The molecule has 2 fully saturated rings. The van der Waals surface area contributed by atoms with E-state index in [4.69, 9.17) is 4.74 Å². The number of hydrogen-bond acceptors (Lipinski definition) is 2. The third kappa shape index (κ3) is 1.50. The summed E-state index contributed by atoms with van der Waals surface area (Å²) in [5.74, 6) is 0. The summed E-state index contributed by atoms with van der Waals surface area (Å²) in [6.45, 7) is 9.15. The molecule has 2 saturated heterocycles. The van der Waals surface area contributed by atoms with Gasteiger partial charge in [-0.05, 0) is 33.6 Å². The number of fused-ring (bicyclic) bond motifs is 2. The number of morpholine rings is 1. The van der Waals surface area contributed by atoms with Crippen molar-refractivity contribution in [2.24, 2.45) is 0 Å². The molecule has 70 valence electrons. The standard InChI is InChI=1S/C10H19NO/c1-10(2,3)11-6-8-4-5-9(7-11)12-8/h8-9H,4-7H2,1-3H3/t8-,9?/m1/s1. The van der Waals surface area contributed by atoms with E-state index < -0.39 is 0 Å². The van der Waals surface area contributed by atoms with Crippen LogP contribution < -0.4 is 0 Å². The molecule has 2 nitrogen and oxygen atoms in total. The van der Waals surface area contributed by atoms with Crippen LogP contribution in [0.5, 0.6) is 0 Å². The largest absolute Gasteiger partial charge is 0.372 e. The molecule has 2 bridgehead atoms. The minimum Gasteiger partial charge on any atom is -0.372 e. The molecular weight excluding hydrogens is 150 g/mol. The summed E-state index contributed by atoms with van der Waals surface area (Å²) in [4.78, 5) is 2.55. The maximum Gasteiger partial charge on any atom is 0.0707 e. The van der Waals surface area contributed by atoms with Gasteiger partial charge >= 0.3 is 0 Å². The second kappa shape index (κ2) is 2.71. The van der Waals surface area contributed by atoms with Crippen LogP contribution in [-0.2, 0) is 4.74 Å². The van der Waals surface area contributed by atoms with Gasteiger partial charge in [-0.25, -0.2) is 0 Å². The van der Waals surface area contributed by atoms with Crippen LogP contribution in [0.25, 0.3) is 0 Å². The van der Waals surface area contributed by atoms with E-state index in [0.29, 0.717) is 17.7 Å². The summed E-state index contributed by atoms with van der Waals surface area (Å²) in [5.41, 5.74) is 0.324. The average Bonchev–Trinajstić information content (AvgIpc) is 2.28. The van der Waals surface area contributed by atoms with Crippen molar-refractivity contribution < 1.29 is 4.74 Å². The monoisotopic (exact) mass is 169 g/mol. The number of nitrogens with zero attached hydrogens (tertiary/aromatic N) is 1. The molecule has 0 spiro atoms. The Bertz CT molecular complexity index is 161. The van der Waals surface area contributed by atoms with E-state index in [2.05, 4.69) is 25.7 Å². The fraction of sp³-hybridized carbons (Fsp3) is 1.00. The van der Waals surface area contributed by atoms with Crippen molar-refractivity contribution in [3.8, 4) is 0 Å². The van der Waals surface area contributed by atoms with Gasteiger partial charge in [0.05, 0.1) is 12.2 Å². The minimum atomic E-state index is 0.324. The van der Waals surface area contributed by atoms with E-state index >= 15 is 0 Å². The molecule has 0 aromatic heterocycles. The van der Waals surface area contributed by atoms with Crippen molar-refractivity contribution in [2.75, 3.05) is 13.1 Å². The zero-order valence-corrected chi connectivity index (χ0v) is 8.34. The smallest absolute Gasteiger partial charge is 0.0707 e. The molecule has 0 aliphatic carbocycles. The van der Waals surface area contributed by atoms with Crippen LogP contribution in [0.4, 0.5) is 0 Å². The van der Waals surface area contributed by atoms with Crippen molar-refractivity contribution in [3.05, 3.63) is 0 Å². The second-order valence-electron chi connectivity index (χ2n) is 5.03. The lowest BCUT2D eigenvalue weighted by molar-refractivity contribution is -0.0668. The van der Waals surface area contributed by atoms with Crippen LogP contribution in [0.2, 0.25) is 0 Å². The average molecular weight is 169 g/mol. The molecule has 2 atom stereocenters. The Morgan fingerprint density at radius 1 is 1.08 bits per heavy atom. The maximum atomic E-state index is 5.78. The highest BCUT2D eigenvalue weighted by atomic mass is 16.5. The summed E-state index contributed by atoms with van der Waals surface area (Å²) in [6.07, 6.45) is 3.61. The van der Waals surface area contributed by atoms with Crippen LogP contribution in [-0.4, -0.2) is 35.7 Å². The zero-order valence-electron chi connectivity index (χ0n) is 8.34. The predicted molar refractivity (Wildman–Crippen MR) is 49.2 cm³/mol. The summed E-state index contributed by atoms with van der Waals surface area (Å²) in [5, 5.41) is 0. The van der Waals surface area contributed by atoms with Crippen LogP contribution in [0.1, 0.15) is 33.6 Å². The lowest BCUT2D eigenvalue weighted by Gasteiger charge is -2.41. The molecule has 1 unspecified atom stereocenters. The van der Waals surface area contributed by atoms with Crippen molar-refractivity contribution in [3.63, 3.8) is 0 Å². The molecule has 2 aliphatic heterocycles. The summed E-state index contributed by atoms with van der Waals surface area (Å²) in [7, 11) is 0. The third-order valence-electron chi connectivity index (χ3n) is 2.99. The second-order valence-corrected chi connectivity index (χ2v) is 5.03. The van der Waals surface area contributed by atoms with Crippen LogP contribution in [0.15, 0.2) is 0 Å². The number of ether oxygens (including phenoxy) is 1. The molecule has 2 rings (SSSR count). The normalized spacial score (nSPS) is 37.2. The first-order valence-electron chi connectivity index (χ1n) is 4.96. The maximum absolute atomic E-state index is 5.78. The van der Waals surface area contributed by atoms with Gasteiger partial charge in [0.2, 0.25) is 0 Å². The van der Waals surface area contributed by atoms with E-state index in [-0.39, 0.29) is 0 Å². The third-order valence-corrected chi connectivity index (χ3v) is 2.99. The molecule has 0 radical (unpaired) electrons. The minimum absolute atomic E-state index is 0.324. The van der Waals surface area contributed by atoms with E-state index in [0.717, 1.165) is 13.1 Å². The molecule has 0 saturated carbocycles. The fourth-order valence-corrected chi connectivity index (χ4v) is 2.16. The Morgan fingerprint density at radius 3 is 2.00 bits per heavy atom. The summed E-state index contributed by atoms with van der Waals surface area (Å²) in [6, 6.07) is 0. The molecule has 0 aromatic rings. The van der Waals surface area contributed by atoms with E-state index in [1.807, 2.05) is 0 Å². The number of rotatable bonds is 0. The Hall–Kier alpha value is -0.0800. The highest BCUT2D eigenvalue weighted by Crippen LogP contribution is 2.29. The van der Waals surface area contributed by atoms with Crippen molar-refractivity contribution in [1.29, 1.82) is 0 Å². The Labute approximate surface area is 74.9 Å². The molecular formula is C10H19NO. The highest BCUT2D eigenvalue weighted by molar-refractivity contribution is 4.90. The lowest BCUT2D eigenvalue weighted by Crippen LogP contribution is -2.51. The molecule has 0 amide bonds. The van der Waals surface area contributed by atoms with Crippen LogP contribution >= 0.6 is 0 Å². The van der Waals surface area contributed by atoms with Gasteiger partial charge < -0.3 is 4.74 Å². The number of likely N-dealkylation sites (tertiary alicyclic amines) is 1. The Kier molecular flexibility index (Phi) is 1.92. The molecule has 2 aliphatic rings. The first-order valence-corrected chi connectivity index (χ1v) is 4.96. The topological polar surface area (TPSA) is 12.5 Å². The van der Waals surface area contributed by atoms with Gasteiger partial charge in [-0.2, -0.15) is 0 Å². The van der Waals surface area contributed by atoms with Crippen LogP contribution in [0.3, 0.4) is 0 Å². The van der Waals surface area contributed by atoms with Gasteiger partial charge in [0.25, 0.3) is 0 Å². The van der Waals surface area contributed by atoms with Crippen molar-refractivity contribution >= 4 is 0 Å². The van der Waals surface area contributed by atoms with E-state index in [1.54, 1.807) is 0 Å². The number of hydrogen-bond donors (Lipinski definition) is 0. The molecule has 12 heavy (non-hydrogen) atoms. The van der Waals surface area contributed by atoms with Crippen molar-refractivity contribution in [1.82, 2.24) is 4.90 Å². The quantitative estimate of drug-likeness (QED) is 0.546. The molecule has 0 aromatic carbocycles. The van der Waals surface area contributed by atoms with E-state index in [9.17, 15) is 0 Å². The first kappa shape index (κ1) is 8.52. The first-order chi connectivity index (χ1) is 5.55. The van der Waals surface area contributed by atoms with Gasteiger partial charge in [0.1, 0.15) is 0 Å². The summed E-state index contributed by atoms with van der Waals surface area (Å²) >= 11 is 0. The fourth-order valence-electron chi connectivity index (χ4n) is 2.16. The Balaban J connectivity index is 2.03. The molecule has 2 heteroatoms. The van der Waals surface area contributed by atoms with Gasteiger partial charge in [0.15, 0.2) is 0 Å². The molecule has 2 heterocycles. The zero-order chi connectivity index (χ0) is 8.77. The van der Waals surface area contributed by atoms with Crippen LogP contribution in [0, 0.1) is 0 Å².